The summed E-state index contributed by atoms with van der Waals surface area (Å²) in [7, 11) is 0. The number of nitrogens with one attached hydrogen (secondary N) is 1. The lowest BCUT2D eigenvalue weighted by atomic mass is 10.0. The molecule has 1 aromatic rings. The molecule has 108 valence electrons. The minimum Gasteiger partial charge on any atom is -0.313 e. The first-order valence-corrected chi connectivity index (χ1v) is 8.53. The van der Waals surface area contributed by atoms with E-state index in [9.17, 15) is 0 Å². The standard InChI is InChI=1S/C17H29NS/c1-6-14(5)17(18-7-2)12-19-16-10-8-15(9-11-16)13(3)4/h8-11,13-14,17-18H,6-7,12H2,1-5H3. The molecule has 0 heterocycles. The molecule has 1 nitrogen and oxygen atoms in total. The van der Waals surface area contributed by atoms with E-state index in [2.05, 4.69) is 64.2 Å². The molecule has 0 aliphatic carbocycles. The van der Waals surface area contributed by atoms with Gasteiger partial charge in [-0.15, -0.1) is 11.8 Å². The molecule has 19 heavy (non-hydrogen) atoms. The number of benzene rings is 1. The van der Waals surface area contributed by atoms with Crippen molar-refractivity contribution in [2.24, 2.45) is 5.92 Å². The van der Waals surface area contributed by atoms with E-state index in [1.165, 1.54) is 16.9 Å². The summed E-state index contributed by atoms with van der Waals surface area (Å²) >= 11 is 1.97. The Kier molecular flexibility index (Phi) is 7.55. The van der Waals surface area contributed by atoms with E-state index in [1.807, 2.05) is 11.8 Å². The van der Waals surface area contributed by atoms with Crippen molar-refractivity contribution in [2.45, 2.75) is 57.9 Å². The van der Waals surface area contributed by atoms with Crippen molar-refractivity contribution in [3.8, 4) is 0 Å². The fourth-order valence-electron chi connectivity index (χ4n) is 2.11. The topological polar surface area (TPSA) is 12.0 Å². The van der Waals surface area contributed by atoms with Crippen molar-refractivity contribution in [1.29, 1.82) is 0 Å². The normalized spacial score (nSPS) is 14.6. The van der Waals surface area contributed by atoms with Crippen LogP contribution in [0.25, 0.3) is 0 Å². The maximum absolute atomic E-state index is 3.61. The smallest absolute Gasteiger partial charge is 0.0187 e. The summed E-state index contributed by atoms with van der Waals surface area (Å²) in [5.41, 5.74) is 1.43. The summed E-state index contributed by atoms with van der Waals surface area (Å²) in [6.45, 7) is 12.4. The monoisotopic (exact) mass is 279 g/mol. The lowest BCUT2D eigenvalue weighted by molar-refractivity contribution is 0.404. The number of hydrogen-bond donors (Lipinski definition) is 1. The predicted octanol–water partition coefficient (Wildman–Crippen LogP) is 4.93. The fraction of sp³-hybridized carbons (Fsp3) is 0.647. The Morgan fingerprint density at radius 2 is 1.68 bits per heavy atom. The van der Waals surface area contributed by atoms with Gasteiger partial charge in [-0.3, -0.25) is 0 Å². The van der Waals surface area contributed by atoms with Gasteiger partial charge in [0.1, 0.15) is 0 Å². The van der Waals surface area contributed by atoms with Crippen molar-refractivity contribution in [3.63, 3.8) is 0 Å². The zero-order valence-electron chi connectivity index (χ0n) is 13.1. The Labute approximate surface area is 123 Å². The highest BCUT2D eigenvalue weighted by molar-refractivity contribution is 7.99. The summed E-state index contributed by atoms with van der Waals surface area (Å²) < 4.78 is 0. The molecule has 1 rings (SSSR count). The van der Waals surface area contributed by atoms with E-state index in [-0.39, 0.29) is 0 Å². The second kappa shape index (κ2) is 8.65. The van der Waals surface area contributed by atoms with Crippen molar-refractivity contribution in [3.05, 3.63) is 29.8 Å². The summed E-state index contributed by atoms with van der Waals surface area (Å²) in [4.78, 5) is 1.38. The molecule has 1 aromatic carbocycles. The van der Waals surface area contributed by atoms with Gasteiger partial charge in [-0.25, -0.2) is 0 Å². The third-order valence-corrected chi connectivity index (χ3v) is 4.90. The molecule has 0 amide bonds. The molecule has 0 radical (unpaired) electrons. The van der Waals surface area contributed by atoms with E-state index < -0.39 is 0 Å². The minimum absolute atomic E-state index is 0.616. The van der Waals surface area contributed by atoms with Crippen LogP contribution in [0.15, 0.2) is 29.2 Å². The third kappa shape index (κ3) is 5.58. The van der Waals surface area contributed by atoms with Gasteiger partial charge in [-0.1, -0.05) is 53.2 Å². The number of hydrogen-bond acceptors (Lipinski definition) is 2. The quantitative estimate of drug-likeness (QED) is 0.677. The van der Waals surface area contributed by atoms with Crippen LogP contribution < -0.4 is 5.32 Å². The first-order chi connectivity index (χ1) is 9.08. The van der Waals surface area contributed by atoms with Gasteiger partial charge in [0.2, 0.25) is 0 Å². The van der Waals surface area contributed by atoms with Crippen LogP contribution in [-0.4, -0.2) is 18.3 Å². The lowest BCUT2D eigenvalue weighted by Crippen LogP contribution is -2.36. The fourth-order valence-corrected chi connectivity index (χ4v) is 3.25. The Hall–Kier alpha value is -0.470. The Morgan fingerprint density at radius 3 is 2.16 bits per heavy atom. The van der Waals surface area contributed by atoms with Gasteiger partial charge in [-0.2, -0.15) is 0 Å². The van der Waals surface area contributed by atoms with Crippen LogP contribution in [0, 0.1) is 5.92 Å². The number of rotatable bonds is 8. The second-order valence-electron chi connectivity index (χ2n) is 5.58. The summed E-state index contributed by atoms with van der Waals surface area (Å²) in [5.74, 6) is 2.51. The average molecular weight is 279 g/mol. The zero-order chi connectivity index (χ0) is 14.3. The highest BCUT2D eigenvalue weighted by atomic mass is 32.2. The van der Waals surface area contributed by atoms with E-state index in [0.717, 1.165) is 18.2 Å². The van der Waals surface area contributed by atoms with Crippen LogP contribution in [0.3, 0.4) is 0 Å². The van der Waals surface area contributed by atoms with Crippen molar-refractivity contribution < 1.29 is 0 Å². The van der Waals surface area contributed by atoms with Gasteiger partial charge in [0.05, 0.1) is 0 Å². The molecule has 2 unspecified atom stereocenters. The molecule has 0 aliphatic rings. The first kappa shape index (κ1) is 16.6. The van der Waals surface area contributed by atoms with Crippen molar-refractivity contribution >= 4 is 11.8 Å². The van der Waals surface area contributed by atoms with E-state index >= 15 is 0 Å². The van der Waals surface area contributed by atoms with Crippen molar-refractivity contribution in [2.75, 3.05) is 12.3 Å². The maximum Gasteiger partial charge on any atom is 0.0187 e. The summed E-state index contributed by atoms with van der Waals surface area (Å²) in [6, 6.07) is 9.67. The Bertz CT molecular complexity index is 345. The molecular weight excluding hydrogens is 250 g/mol. The average Bonchev–Trinajstić information content (AvgIpc) is 2.43. The van der Waals surface area contributed by atoms with Crippen LogP contribution in [-0.2, 0) is 0 Å². The largest absolute Gasteiger partial charge is 0.313 e. The molecule has 0 bridgehead atoms. The lowest BCUT2D eigenvalue weighted by Gasteiger charge is -2.23. The molecule has 0 aliphatic heterocycles. The van der Waals surface area contributed by atoms with Crippen LogP contribution in [0.4, 0.5) is 0 Å². The highest BCUT2D eigenvalue weighted by Gasteiger charge is 2.14. The van der Waals surface area contributed by atoms with Gasteiger partial charge in [0, 0.05) is 16.7 Å². The third-order valence-electron chi connectivity index (χ3n) is 3.77. The molecule has 2 heteroatoms. The molecule has 0 spiro atoms. The number of thioether (sulfide) groups is 1. The molecule has 0 saturated carbocycles. The summed E-state index contributed by atoms with van der Waals surface area (Å²) in [5, 5.41) is 3.61. The Balaban J connectivity index is 2.53. The van der Waals surface area contributed by atoms with E-state index in [1.54, 1.807) is 0 Å². The van der Waals surface area contributed by atoms with Crippen LogP contribution in [0.2, 0.25) is 0 Å². The molecule has 2 atom stereocenters. The second-order valence-corrected chi connectivity index (χ2v) is 6.68. The molecule has 0 saturated heterocycles. The van der Waals surface area contributed by atoms with Gasteiger partial charge in [-0.05, 0) is 36.1 Å². The minimum atomic E-state index is 0.616. The molecule has 1 N–H and O–H groups in total. The Morgan fingerprint density at radius 1 is 1.05 bits per heavy atom. The van der Waals surface area contributed by atoms with E-state index in [0.29, 0.717) is 12.0 Å². The molecular formula is C17H29NS. The molecule has 0 fully saturated rings. The first-order valence-electron chi connectivity index (χ1n) is 7.54. The summed E-state index contributed by atoms with van der Waals surface area (Å²) in [6.07, 6.45) is 1.24. The predicted molar refractivity (Wildman–Crippen MR) is 88.2 cm³/mol. The van der Waals surface area contributed by atoms with Gasteiger partial charge in [0.25, 0.3) is 0 Å². The van der Waals surface area contributed by atoms with E-state index in [4.69, 9.17) is 0 Å². The maximum atomic E-state index is 3.61. The van der Waals surface area contributed by atoms with Gasteiger partial charge in [0.15, 0.2) is 0 Å². The van der Waals surface area contributed by atoms with Crippen LogP contribution in [0.5, 0.6) is 0 Å². The van der Waals surface area contributed by atoms with Crippen LogP contribution >= 0.6 is 11.8 Å². The van der Waals surface area contributed by atoms with Crippen LogP contribution in [0.1, 0.15) is 52.5 Å². The van der Waals surface area contributed by atoms with Gasteiger partial charge < -0.3 is 5.32 Å². The zero-order valence-corrected chi connectivity index (χ0v) is 13.9. The van der Waals surface area contributed by atoms with Crippen molar-refractivity contribution in [1.82, 2.24) is 5.32 Å². The van der Waals surface area contributed by atoms with Gasteiger partial charge >= 0.3 is 0 Å². The SMILES string of the molecule is CCNC(CSc1ccc(C(C)C)cc1)C(C)CC. The highest BCUT2D eigenvalue weighted by Crippen LogP contribution is 2.24. The molecule has 0 aromatic heterocycles.